The number of anilines is 1. The van der Waals surface area contributed by atoms with Crippen LogP contribution in [0.4, 0.5) is 5.69 Å². The van der Waals surface area contributed by atoms with Crippen LogP contribution in [0.1, 0.15) is 49.8 Å². The van der Waals surface area contributed by atoms with Crippen LogP contribution in [-0.4, -0.2) is 12.5 Å². The number of aryl methyl sites for hydroxylation is 1. The molecule has 0 aliphatic heterocycles. The van der Waals surface area contributed by atoms with Gasteiger partial charge < -0.3 is 10.6 Å². The van der Waals surface area contributed by atoms with Crippen molar-refractivity contribution in [2.24, 2.45) is 0 Å². The number of benzene rings is 2. The molecule has 0 aliphatic rings. The Morgan fingerprint density at radius 1 is 1.04 bits per heavy atom. The standard InChI is InChI=1S/C21H28N2O/c1-4-17-10-12-18(13-11-17)16(3)14-21(24)23-20-9-7-6-8-19(20)15-22-5-2/h6-13,16,22H,4-5,14-15H2,1-3H3,(H,23,24). The fourth-order valence-electron chi connectivity index (χ4n) is 2.74. The van der Waals surface area contributed by atoms with Crippen molar-refractivity contribution in [3.05, 3.63) is 65.2 Å². The van der Waals surface area contributed by atoms with E-state index < -0.39 is 0 Å². The predicted octanol–water partition coefficient (Wildman–Crippen LogP) is 4.49. The Bertz CT molecular complexity index is 649. The second-order valence-corrected chi connectivity index (χ2v) is 6.19. The number of carbonyl (C=O) groups is 1. The monoisotopic (exact) mass is 324 g/mol. The maximum absolute atomic E-state index is 12.4. The number of nitrogens with one attached hydrogen (secondary N) is 2. The molecular weight excluding hydrogens is 296 g/mol. The van der Waals surface area contributed by atoms with E-state index in [1.165, 1.54) is 11.1 Å². The van der Waals surface area contributed by atoms with Gasteiger partial charge in [-0.25, -0.2) is 0 Å². The maximum Gasteiger partial charge on any atom is 0.224 e. The van der Waals surface area contributed by atoms with E-state index in [1.54, 1.807) is 0 Å². The number of hydrogen-bond acceptors (Lipinski definition) is 2. The molecule has 0 heterocycles. The zero-order valence-corrected chi connectivity index (χ0v) is 14.9. The van der Waals surface area contributed by atoms with E-state index in [9.17, 15) is 4.79 Å². The largest absolute Gasteiger partial charge is 0.326 e. The summed E-state index contributed by atoms with van der Waals surface area (Å²) in [5.74, 6) is 0.267. The molecule has 2 aromatic carbocycles. The van der Waals surface area contributed by atoms with E-state index in [1.807, 2.05) is 24.3 Å². The van der Waals surface area contributed by atoms with E-state index in [2.05, 4.69) is 55.7 Å². The van der Waals surface area contributed by atoms with Crippen LogP contribution in [0.15, 0.2) is 48.5 Å². The summed E-state index contributed by atoms with van der Waals surface area (Å²) in [6, 6.07) is 16.5. The quantitative estimate of drug-likeness (QED) is 0.751. The number of amides is 1. The van der Waals surface area contributed by atoms with Crippen LogP contribution in [0, 0.1) is 0 Å². The molecule has 0 spiro atoms. The third-order valence-corrected chi connectivity index (χ3v) is 4.31. The van der Waals surface area contributed by atoms with E-state index >= 15 is 0 Å². The van der Waals surface area contributed by atoms with Gasteiger partial charge in [-0.2, -0.15) is 0 Å². The van der Waals surface area contributed by atoms with Crippen molar-refractivity contribution in [3.63, 3.8) is 0 Å². The van der Waals surface area contributed by atoms with Gasteiger partial charge in [0, 0.05) is 18.7 Å². The molecule has 0 aliphatic carbocycles. The molecule has 128 valence electrons. The van der Waals surface area contributed by atoms with Crippen molar-refractivity contribution in [3.8, 4) is 0 Å². The van der Waals surface area contributed by atoms with Crippen molar-refractivity contribution in [2.75, 3.05) is 11.9 Å². The average molecular weight is 324 g/mol. The van der Waals surface area contributed by atoms with Gasteiger partial charge in [-0.1, -0.05) is 63.2 Å². The molecule has 1 amide bonds. The molecule has 1 unspecified atom stereocenters. The predicted molar refractivity (Wildman–Crippen MR) is 101 cm³/mol. The molecule has 0 saturated heterocycles. The first kappa shape index (κ1) is 18.2. The lowest BCUT2D eigenvalue weighted by atomic mass is 9.96. The van der Waals surface area contributed by atoms with Crippen molar-refractivity contribution in [2.45, 2.75) is 46.1 Å². The van der Waals surface area contributed by atoms with Gasteiger partial charge in [0.2, 0.25) is 5.91 Å². The molecule has 2 N–H and O–H groups in total. The molecule has 0 saturated carbocycles. The van der Waals surface area contributed by atoms with Crippen molar-refractivity contribution >= 4 is 11.6 Å². The van der Waals surface area contributed by atoms with Crippen LogP contribution in [0.3, 0.4) is 0 Å². The molecule has 0 fully saturated rings. The average Bonchev–Trinajstić information content (AvgIpc) is 2.61. The molecule has 24 heavy (non-hydrogen) atoms. The van der Waals surface area contributed by atoms with Gasteiger partial charge in [-0.15, -0.1) is 0 Å². The van der Waals surface area contributed by atoms with Crippen LogP contribution >= 0.6 is 0 Å². The van der Waals surface area contributed by atoms with Gasteiger partial charge >= 0.3 is 0 Å². The molecule has 3 nitrogen and oxygen atoms in total. The molecule has 1 atom stereocenters. The summed E-state index contributed by atoms with van der Waals surface area (Å²) >= 11 is 0. The number of carbonyl (C=O) groups excluding carboxylic acids is 1. The second kappa shape index (κ2) is 9.24. The van der Waals surface area contributed by atoms with Gasteiger partial charge in [-0.05, 0) is 41.6 Å². The second-order valence-electron chi connectivity index (χ2n) is 6.19. The minimum Gasteiger partial charge on any atom is -0.326 e. The minimum absolute atomic E-state index is 0.0611. The Morgan fingerprint density at radius 2 is 1.75 bits per heavy atom. The van der Waals surface area contributed by atoms with Crippen molar-refractivity contribution in [1.29, 1.82) is 0 Å². The van der Waals surface area contributed by atoms with Gasteiger partial charge in [0.05, 0.1) is 0 Å². The summed E-state index contributed by atoms with van der Waals surface area (Å²) in [7, 11) is 0. The Labute approximate surface area is 145 Å². The van der Waals surface area contributed by atoms with Crippen LogP contribution in [0.25, 0.3) is 0 Å². The van der Waals surface area contributed by atoms with Crippen LogP contribution in [0.2, 0.25) is 0 Å². The van der Waals surface area contributed by atoms with E-state index in [0.717, 1.165) is 30.8 Å². The van der Waals surface area contributed by atoms with Crippen LogP contribution < -0.4 is 10.6 Å². The fourth-order valence-corrected chi connectivity index (χ4v) is 2.74. The zero-order valence-electron chi connectivity index (χ0n) is 14.9. The summed E-state index contributed by atoms with van der Waals surface area (Å²) in [4.78, 5) is 12.4. The highest BCUT2D eigenvalue weighted by Gasteiger charge is 2.12. The highest BCUT2D eigenvalue weighted by molar-refractivity contribution is 5.92. The molecule has 3 heteroatoms. The molecule has 0 aromatic heterocycles. The number of rotatable bonds is 8. The summed E-state index contributed by atoms with van der Waals surface area (Å²) in [5.41, 5.74) is 4.56. The molecule has 0 bridgehead atoms. The van der Waals surface area contributed by atoms with E-state index in [4.69, 9.17) is 0 Å². The van der Waals surface area contributed by atoms with Gasteiger partial charge in [0.1, 0.15) is 0 Å². The fraction of sp³-hybridized carbons (Fsp3) is 0.381. The molecule has 0 radical (unpaired) electrons. The summed E-state index contributed by atoms with van der Waals surface area (Å²) < 4.78 is 0. The van der Waals surface area contributed by atoms with Gasteiger partial charge in [0.15, 0.2) is 0 Å². The van der Waals surface area contributed by atoms with Crippen LogP contribution in [-0.2, 0) is 17.8 Å². The third kappa shape index (κ3) is 5.20. The lowest BCUT2D eigenvalue weighted by Gasteiger charge is -2.15. The molecule has 2 rings (SSSR count). The van der Waals surface area contributed by atoms with E-state index in [-0.39, 0.29) is 11.8 Å². The first-order valence-electron chi connectivity index (χ1n) is 8.81. The lowest BCUT2D eigenvalue weighted by Crippen LogP contribution is -2.18. The van der Waals surface area contributed by atoms with Crippen LogP contribution in [0.5, 0.6) is 0 Å². The van der Waals surface area contributed by atoms with Crippen molar-refractivity contribution in [1.82, 2.24) is 5.32 Å². The first-order valence-corrected chi connectivity index (χ1v) is 8.81. The first-order chi connectivity index (χ1) is 11.6. The summed E-state index contributed by atoms with van der Waals surface area (Å²) in [5, 5.41) is 6.37. The SMILES string of the molecule is CCNCc1ccccc1NC(=O)CC(C)c1ccc(CC)cc1. The Balaban J connectivity index is 1.97. The summed E-state index contributed by atoms with van der Waals surface area (Å²) in [6.07, 6.45) is 1.53. The summed E-state index contributed by atoms with van der Waals surface area (Å²) in [6.45, 7) is 8.00. The van der Waals surface area contributed by atoms with E-state index in [0.29, 0.717) is 6.42 Å². The number of hydrogen-bond donors (Lipinski definition) is 2. The Hall–Kier alpha value is -2.13. The van der Waals surface area contributed by atoms with Gasteiger partial charge in [-0.3, -0.25) is 4.79 Å². The maximum atomic E-state index is 12.4. The highest BCUT2D eigenvalue weighted by Crippen LogP contribution is 2.21. The molecular formula is C21H28N2O. The third-order valence-electron chi connectivity index (χ3n) is 4.31. The Kier molecular flexibility index (Phi) is 7.01. The normalized spacial score (nSPS) is 12.0. The lowest BCUT2D eigenvalue weighted by molar-refractivity contribution is -0.116. The zero-order chi connectivity index (χ0) is 17.4. The topological polar surface area (TPSA) is 41.1 Å². The molecule has 2 aromatic rings. The minimum atomic E-state index is 0.0611. The van der Waals surface area contributed by atoms with Crippen molar-refractivity contribution < 1.29 is 4.79 Å². The highest BCUT2D eigenvalue weighted by atomic mass is 16.1. The number of para-hydroxylation sites is 1. The van der Waals surface area contributed by atoms with Gasteiger partial charge in [0.25, 0.3) is 0 Å². The Morgan fingerprint density at radius 3 is 2.42 bits per heavy atom. The smallest absolute Gasteiger partial charge is 0.224 e.